The predicted octanol–water partition coefficient (Wildman–Crippen LogP) is 1.39. The van der Waals surface area contributed by atoms with Gasteiger partial charge in [-0.2, -0.15) is 0 Å². The van der Waals surface area contributed by atoms with Crippen LogP contribution in [0.3, 0.4) is 0 Å². The van der Waals surface area contributed by atoms with Gasteiger partial charge in [0.05, 0.1) is 5.92 Å². The summed E-state index contributed by atoms with van der Waals surface area (Å²) < 4.78 is 0. The zero-order valence-electron chi connectivity index (χ0n) is 10.5. The molecule has 1 saturated heterocycles. The fourth-order valence-corrected chi connectivity index (χ4v) is 2.29. The Morgan fingerprint density at radius 3 is 2.94 bits per heavy atom. The molecular weight excluding hydrogens is 214 g/mol. The topological polar surface area (TPSA) is 36.4 Å². The van der Waals surface area contributed by atoms with E-state index in [2.05, 4.69) is 9.88 Å². The summed E-state index contributed by atoms with van der Waals surface area (Å²) in [6.45, 7) is 1.78. The Balaban J connectivity index is 2.05. The number of nitrogens with zero attached hydrogens (tertiary/aromatic N) is 3. The highest BCUT2D eigenvalue weighted by atomic mass is 16.2. The van der Waals surface area contributed by atoms with Gasteiger partial charge in [0.1, 0.15) is 5.82 Å². The van der Waals surface area contributed by atoms with Crippen molar-refractivity contribution in [1.82, 2.24) is 9.88 Å². The van der Waals surface area contributed by atoms with Crippen LogP contribution in [0.4, 0.5) is 5.82 Å². The minimum absolute atomic E-state index is 0.112. The van der Waals surface area contributed by atoms with Crippen molar-refractivity contribution in [2.24, 2.45) is 5.92 Å². The summed E-state index contributed by atoms with van der Waals surface area (Å²) in [6, 6.07) is 5.90. The first-order valence-electron chi connectivity index (χ1n) is 6.05. The number of hydrogen-bond acceptors (Lipinski definition) is 3. The largest absolute Gasteiger partial charge is 0.356 e. The lowest BCUT2D eigenvalue weighted by atomic mass is 9.97. The maximum atomic E-state index is 12.0. The summed E-state index contributed by atoms with van der Waals surface area (Å²) in [5, 5.41) is 0. The zero-order chi connectivity index (χ0) is 12.3. The van der Waals surface area contributed by atoms with Gasteiger partial charge in [0.25, 0.3) is 0 Å². The van der Waals surface area contributed by atoms with E-state index in [9.17, 15) is 4.79 Å². The van der Waals surface area contributed by atoms with E-state index in [1.807, 2.05) is 32.3 Å². The summed E-state index contributed by atoms with van der Waals surface area (Å²) >= 11 is 0. The molecule has 1 unspecified atom stereocenters. The molecule has 2 rings (SSSR count). The van der Waals surface area contributed by atoms with E-state index < -0.39 is 0 Å². The fourth-order valence-electron chi connectivity index (χ4n) is 2.29. The SMILES string of the molecule is CN(C)C(=O)C1CCCN(c2ccccn2)C1. The normalized spacial score (nSPS) is 20.1. The number of piperidine rings is 1. The summed E-state index contributed by atoms with van der Waals surface area (Å²) in [7, 11) is 3.64. The molecule has 0 N–H and O–H groups in total. The van der Waals surface area contributed by atoms with Gasteiger partial charge in [0.2, 0.25) is 5.91 Å². The van der Waals surface area contributed by atoms with Crippen molar-refractivity contribution in [3.8, 4) is 0 Å². The molecule has 1 aromatic rings. The van der Waals surface area contributed by atoms with Gasteiger partial charge in [-0.3, -0.25) is 4.79 Å². The average Bonchev–Trinajstić information content (AvgIpc) is 2.39. The van der Waals surface area contributed by atoms with Gasteiger partial charge in [-0.25, -0.2) is 4.98 Å². The molecule has 1 fully saturated rings. The minimum Gasteiger partial charge on any atom is -0.356 e. The molecule has 4 heteroatoms. The number of aromatic nitrogens is 1. The van der Waals surface area contributed by atoms with Gasteiger partial charge < -0.3 is 9.80 Å². The second-order valence-corrected chi connectivity index (χ2v) is 4.71. The van der Waals surface area contributed by atoms with E-state index in [4.69, 9.17) is 0 Å². The van der Waals surface area contributed by atoms with Crippen LogP contribution in [0.1, 0.15) is 12.8 Å². The first-order chi connectivity index (χ1) is 8.18. The molecule has 0 spiro atoms. The zero-order valence-corrected chi connectivity index (χ0v) is 10.5. The molecule has 2 heterocycles. The maximum absolute atomic E-state index is 12.0. The van der Waals surface area contributed by atoms with E-state index in [0.29, 0.717) is 0 Å². The van der Waals surface area contributed by atoms with Crippen molar-refractivity contribution in [1.29, 1.82) is 0 Å². The Bertz CT molecular complexity index is 378. The van der Waals surface area contributed by atoms with Crippen LogP contribution in [-0.4, -0.2) is 43.0 Å². The molecule has 4 nitrogen and oxygen atoms in total. The molecular formula is C13H19N3O. The lowest BCUT2D eigenvalue weighted by Gasteiger charge is -2.33. The molecule has 1 aliphatic heterocycles. The Morgan fingerprint density at radius 1 is 1.47 bits per heavy atom. The predicted molar refractivity (Wildman–Crippen MR) is 67.9 cm³/mol. The summed E-state index contributed by atoms with van der Waals surface area (Å²) in [4.78, 5) is 20.2. The molecule has 1 aromatic heterocycles. The van der Waals surface area contributed by atoms with Gasteiger partial charge >= 0.3 is 0 Å². The van der Waals surface area contributed by atoms with Crippen molar-refractivity contribution < 1.29 is 4.79 Å². The van der Waals surface area contributed by atoms with Crippen LogP contribution in [0.2, 0.25) is 0 Å². The van der Waals surface area contributed by atoms with Gasteiger partial charge in [-0.05, 0) is 25.0 Å². The molecule has 0 saturated carbocycles. The van der Waals surface area contributed by atoms with Gasteiger partial charge in [0, 0.05) is 33.4 Å². The van der Waals surface area contributed by atoms with E-state index >= 15 is 0 Å². The number of pyridine rings is 1. The number of hydrogen-bond donors (Lipinski definition) is 0. The Labute approximate surface area is 102 Å². The van der Waals surface area contributed by atoms with E-state index in [-0.39, 0.29) is 11.8 Å². The minimum atomic E-state index is 0.112. The highest BCUT2D eigenvalue weighted by Gasteiger charge is 2.27. The Kier molecular flexibility index (Phi) is 3.61. The first kappa shape index (κ1) is 11.9. The third kappa shape index (κ3) is 2.75. The van der Waals surface area contributed by atoms with Gasteiger partial charge in [-0.1, -0.05) is 6.07 Å². The molecule has 0 aliphatic carbocycles. The standard InChI is InChI=1S/C13H19N3O/c1-15(2)13(17)11-6-5-9-16(10-11)12-7-3-4-8-14-12/h3-4,7-8,11H,5-6,9-10H2,1-2H3. The quantitative estimate of drug-likeness (QED) is 0.774. The Morgan fingerprint density at radius 2 is 2.29 bits per heavy atom. The maximum Gasteiger partial charge on any atom is 0.226 e. The molecule has 0 bridgehead atoms. The number of amides is 1. The molecule has 1 aliphatic rings. The van der Waals surface area contributed by atoms with Crippen molar-refractivity contribution in [3.63, 3.8) is 0 Å². The highest BCUT2D eigenvalue weighted by Crippen LogP contribution is 2.22. The van der Waals surface area contributed by atoms with Crippen molar-refractivity contribution >= 4 is 11.7 Å². The molecule has 92 valence electrons. The number of carbonyl (C=O) groups excluding carboxylic acids is 1. The third-order valence-electron chi connectivity index (χ3n) is 3.18. The Hall–Kier alpha value is -1.58. The van der Waals surface area contributed by atoms with Gasteiger partial charge in [0.15, 0.2) is 0 Å². The van der Waals surface area contributed by atoms with Crippen LogP contribution >= 0.6 is 0 Å². The van der Waals surface area contributed by atoms with Crippen molar-refractivity contribution in [2.45, 2.75) is 12.8 Å². The highest BCUT2D eigenvalue weighted by molar-refractivity contribution is 5.79. The fraction of sp³-hybridized carbons (Fsp3) is 0.538. The van der Waals surface area contributed by atoms with Crippen LogP contribution in [-0.2, 0) is 4.79 Å². The molecule has 17 heavy (non-hydrogen) atoms. The first-order valence-corrected chi connectivity index (χ1v) is 6.05. The van der Waals surface area contributed by atoms with Crippen LogP contribution in [0.15, 0.2) is 24.4 Å². The third-order valence-corrected chi connectivity index (χ3v) is 3.18. The number of carbonyl (C=O) groups is 1. The van der Waals surface area contributed by atoms with Crippen LogP contribution in [0, 0.1) is 5.92 Å². The monoisotopic (exact) mass is 233 g/mol. The second kappa shape index (κ2) is 5.17. The average molecular weight is 233 g/mol. The summed E-state index contributed by atoms with van der Waals surface area (Å²) in [5.74, 6) is 1.31. The number of rotatable bonds is 2. The van der Waals surface area contributed by atoms with Crippen LogP contribution in [0.25, 0.3) is 0 Å². The summed E-state index contributed by atoms with van der Waals surface area (Å²) in [5.41, 5.74) is 0. The van der Waals surface area contributed by atoms with Crippen LogP contribution < -0.4 is 4.90 Å². The van der Waals surface area contributed by atoms with E-state index in [1.54, 1.807) is 11.1 Å². The van der Waals surface area contributed by atoms with Crippen LogP contribution in [0.5, 0.6) is 0 Å². The molecule has 1 amide bonds. The van der Waals surface area contributed by atoms with E-state index in [1.165, 1.54) is 0 Å². The lowest BCUT2D eigenvalue weighted by molar-refractivity contribution is -0.133. The second-order valence-electron chi connectivity index (χ2n) is 4.71. The molecule has 0 aromatic carbocycles. The van der Waals surface area contributed by atoms with Gasteiger partial charge in [-0.15, -0.1) is 0 Å². The molecule has 0 radical (unpaired) electrons. The number of anilines is 1. The van der Waals surface area contributed by atoms with Crippen molar-refractivity contribution in [3.05, 3.63) is 24.4 Å². The van der Waals surface area contributed by atoms with E-state index in [0.717, 1.165) is 31.7 Å². The smallest absolute Gasteiger partial charge is 0.226 e. The lowest BCUT2D eigenvalue weighted by Crippen LogP contribution is -2.43. The molecule has 1 atom stereocenters. The van der Waals surface area contributed by atoms with Crippen molar-refractivity contribution in [2.75, 3.05) is 32.1 Å². The summed E-state index contributed by atoms with van der Waals surface area (Å²) in [6.07, 6.45) is 3.84.